The number of thiophene rings is 1. The van der Waals surface area contributed by atoms with Crippen LogP contribution < -0.4 is 19.3 Å². The normalized spacial score (nSPS) is 11.6. The van der Waals surface area contributed by atoms with Crippen molar-refractivity contribution in [2.24, 2.45) is 0 Å². The smallest absolute Gasteiger partial charge is 0.119 e. The summed E-state index contributed by atoms with van der Waals surface area (Å²) in [4.78, 5) is 7.34. The van der Waals surface area contributed by atoms with Crippen LogP contribution in [0.1, 0.15) is 72.8 Å². The standard InChI is InChI=1S/C60H62N2O2S/c1-9-59(5,10-2)47-27-23-45(24-28-47)57-55(43-19-15-13-16-20-43)56(44-21-17-14-18-22-44)58(65-57)46-25-29-48(30-26-46)61(50-35-39-53(63-7)40-36-50)49-31-33-51(34-32-49)62(60(6,11-3)12-4)52-37-41-54(64-8)42-38-52/h13-42H,9-12H2,1-8H3. The first-order chi connectivity index (χ1) is 31.7. The fourth-order valence-electron chi connectivity index (χ4n) is 9.04. The summed E-state index contributed by atoms with van der Waals surface area (Å²) in [5, 5.41) is 0. The van der Waals surface area contributed by atoms with Gasteiger partial charge < -0.3 is 19.3 Å². The van der Waals surface area contributed by atoms with Crippen LogP contribution in [-0.4, -0.2) is 19.8 Å². The number of ether oxygens (including phenoxy) is 2. The van der Waals surface area contributed by atoms with Crippen molar-refractivity contribution in [1.82, 2.24) is 0 Å². The van der Waals surface area contributed by atoms with Gasteiger partial charge in [-0.3, -0.25) is 0 Å². The quantitative estimate of drug-likeness (QED) is 0.0910. The number of hydrogen-bond donors (Lipinski definition) is 0. The van der Waals surface area contributed by atoms with Gasteiger partial charge in [0.25, 0.3) is 0 Å². The Hall–Kier alpha value is -6.56. The van der Waals surface area contributed by atoms with Crippen LogP contribution in [0, 0.1) is 0 Å². The summed E-state index contributed by atoms with van der Waals surface area (Å²) in [5.41, 5.74) is 14.3. The van der Waals surface area contributed by atoms with E-state index in [9.17, 15) is 0 Å². The Morgan fingerprint density at radius 1 is 0.400 bits per heavy atom. The maximum Gasteiger partial charge on any atom is 0.119 e. The Bertz CT molecular complexity index is 2750. The van der Waals surface area contributed by atoms with E-state index in [1.165, 1.54) is 48.7 Å². The lowest BCUT2D eigenvalue weighted by Crippen LogP contribution is -2.42. The lowest BCUT2D eigenvalue weighted by Gasteiger charge is -2.42. The first-order valence-electron chi connectivity index (χ1n) is 23.1. The number of methoxy groups -OCH3 is 2. The van der Waals surface area contributed by atoms with Crippen LogP contribution in [0.15, 0.2) is 182 Å². The van der Waals surface area contributed by atoms with Crippen molar-refractivity contribution in [2.75, 3.05) is 24.0 Å². The van der Waals surface area contributed by atoms with Crippen molar-refractivity contribution >= 4 is 39.8 Å². The van der Waals surface area contributed by atoms with Gasteiger partial charge in [0, 0.05) is 54.9 Å². The first kappa shape index (κ1) is 45.0. The van der Waals surface area contributed by atoms with Crippen molar-refractivity contribution in [3.05, 3.63) is 188 Å². The van der Waals surface area contributed by atoms with E-state index in [1.807, 2.05) is 35.6 Å². The van der Waals surface area contributed by atoms with Gasteiger partial charge in [-0.25, -0.2) is 0 Å². The van der Waals surface area contributed by atoms with Crippen LogP contribution in [0.4, 0.5) is 28.4 Å². The molecule has 7 aromatic carbocycles. The average molecular weight is 875 g/mol. The zero-order valence-electron chi connectivity index (χ0n) is 39.3. The van der Waals surface area contributed by atoms with Gasteiger partial charge in [0.1, 0.15) is 11.5 Å². The highest BCUT2D eigenvalue weighted by Gasteiger charge is 2.31. The molecule has 5 heteroatoms. The number of anilines is 5. The van der Waals surface area contributed by atoms with Crippen molar-refractivity contribution in [3.63, 3.8) is 0 Å². The van der Waals surface area contributed by atoms with E-state index in [1.54, 1.807) is 14.2 Å². The molecular weight excluding hydrogens is 813 g/mol. The topological polar surface area (TPSA) is 24.9 Å². The molecule has 0 fully saturated rings. The van der Waals surface area contributed by atoms with E-state index in [-0.39, 0.29) is 11.0 Å². The van der Waals surface area contributed by atoms with Gasteiger partial charge in [0.05, 0.1) is 14.2 Å². The molecule has 0 saturated heterocycles. The van der Waals surface area contributed by atoms with Gasteiger partial charge in [-0.05, 0) is 151 Å². The monoisotopic (exact) mass is 874 g/mol. The van der Waals surface area contributed by atoms with Crippen LogP contribution in [0.25, 0.3) is 43.1 Å². The first-order valence-corrected chi connectivity index (χ1v) is 24.0. The summed E-state index contributed by atoms with van der Waals surface area (Å²) < 4.78 is 11.1. The molecule has 1 heterocycles. The molecule has 4 nitrogen and oxygen atoms in total. The molecule has 65 heavy (non-hydrogen) atoms. The third-order valence-electron chi connectivity index (χ3n) is 13.9. The zero-order valence-corrected chi connectivity index (χ0v) is 40.1. The molecule has 8 rings (SSSR count). The molecule has 0 aliphatic heterocycles. The Labute approximate surface area is 391 Å². The molecule has 0 aliphatic carbocycles. The molecule has 8 aromatic rings. The highest BCUT2D eigenvalue weighted by atomic mass is 32.1. The van der Waals surface area contributed by atoms with Gasteiger partial charge in [-0.1, -0.05) is 132 Å². The Morgan fingerprint density at radius 2 is 0.754 bits per heavy atom. The van der Waals surface area contributed by atoms with E-state index < -0.39 is 0 Å². The van der Waals surface area contributed by atoms with Gasteiger partial charge in [-0.15, -0.1) is 11.3 Å². The third kappa shape index (κ3) is 9.08. The fourth-order valence-corrected chi connectivity index (χ4v) is 10.4. The molecule has 0 radical (unpaired) electrons. The predicted molar refractivity (Wildman–Crippen MR) is 279 cm³/mol. The van der Waals surface area contributed by atoms with Crippen molar-refractivity contribution in [2.45, 2.75) is 78.2 Å². The molecule has 0 bridgehead atoms. The summed E-state index contributed by atoms with van der Waals surface area (Å²) in [5.74, 6) is 1.67. The van der Waals surface area contributed by atoms with Crippen molar-refractivity contribution in [3.8, 4) is 54.6 Å². The molecule has 0 atom stereocenters. The minimum absolute atomic E-state index is 0.0861. The number of rotatable bonds is 17. The maximum absolute atomic E-state index is 5.60. The van der Waals surface area contributed by atoms with Gasteiger partial charge in [-0.2, -0.15) is 0 Å². The van der Waals surface area contributed by atoms with Crippen molar-refractivity contribution < 1.29 is 9.47 Å². The Morgan fingerprint density at radius 3 is 1.14 bits per heavy atom. The molecule has 0 spiro atoms. The molecule has 0 saturated carbocycles. The fraction of sp³-hybridized carbons (Fsp3) is 0.233. The summed E-state index contributed by atoms with van der Waals surface area (Å²) in [6, 6.07) is 66.1. The van der Waals surface area contributed by atoms with Gasteiger partial charge in [0.15, 0.2) is 0 Å². The molecule has 1 aromatic heterocycles. The average Bonchev–Trinajstić information content (AvgIpc) is 3.78. The van der Waals surface area contributed by atoms with Crippen LogP contribution in [0.5, 0.6) is 11.5 Å². The molecule has 0 amide bonds. The molecular formula is C60H62N2O2S. The summed E-state index contributed by atoms with van der Waals surface area (Å²) >= 11 is 1.89. The predicted octanol–water partition coefficient (Wildman–Crippen LogP) is 17.7. The molecule has 0 N–H and O–H groups in total. The number of benzene rings is 7. The highest BCUT2D eigenvalue weighted by Crippen LogP contribution is 2.53. The zero-order chi connectivity index (χ0) is 45.6. The lowest BCUT2D eigenvalue weighted by atomic mass is 9.77. The van der Waals surface area contributed by atoms with E-state index >= 15 is 0 Å². The van der Waals surface area contributed by atoms with Gasteiger partial charge >= 0.3 is 0 Å². The molecule has 0 aliphatic rings. The summed E-state index contributed by atoms with van der Waals surface area (Å²) in [6.45, 7) is 13.9. The Balaban J connectivity index is 1.24. The second kappa shape index (κ2) is 19.7. The summed E-state index contributed by atoms with van der Waals surface area (Å²) in [6.07, 6.45) is 4.21. The Kier molecular flexibility index (Phi) is 13.6. The maximum atomic E-state index is 5.60. The van der Waals surface area contributed by atoms with Crippen molar-refractivity contribution in [1.29, 1.82) is 0 Å². The third-order valence-corrected chi connectivity index (χ3v) is 15.2. The number of hydrogen-bond acceptors (Lipinski definition) is 5. The van der Waals surface area contributed by atoms with Crippen LogP contribution >= 0.6 is 11.3 Å². The lowest BCUT2D eigenvalue weighted by molar-refractivity contribution is 0.413. The highest BCUT2D eigenvalue weighted by molar-refractivity contribution is 7.20. The second-order valence-electron chi connectivity index (χ2n) is 17.4. The van der Waals surface area contributed by atoms with Crippen LogP contribution in [-0.2, 0) is 5.41 Å². The summed E-state index contributed by atoms with van der Waals surface area (Å²) in [7, 11) is 3.43. The van der Waals surface area contributed by atoms with E-state index in [0.717, 1.165) is 65.6 Å². The minimum atomic E-state index is -0.0861. The second-order valence-corrected chi connectivity index (χ2v) is 18.4. The van der Waals surface area contributed by atoms with Crippen LogP contribution in [0.2, 0.25) is 0 Å². The molecule has 0 unspecified atom stereocenters. The van der Waals surface area contributed by atoms with E-state index in [0.29, 0.717) is 0 Å². The minimum Gasteiger partial charge on any atom is -0.497 e. The largest absolute Gasteiger partial charge is 0.497 e. The van der Waals surface area contributed by atoms with E-state index in [2.05, 4.69) is 209 Å². The van der Waals surface area contributed by atoms with E-state index in [4.69, 9.17) is 9.47 Å². The van der Waals surface area contributed by atoms with Crippen LogP contribution in [0.3, 0.4) is 0 Å². The van der Waals surface area contributed by atoms with Gasteiger partial charge in [0.2, 0.25) is 0 Å². The SMILES string of the molecule is CCC(C)(CC)c1ccc(-c2sc(-c3ccc(N(c4ccc(OC)cc4)c4ccc(N(c5ccc(OC)cc5)C(C)(CC)CC)cc4)cc3)c(-c3ccccc3)c2-c2ccccc2)cc1. The molecule has 330 valence electrons. The number of nitrogens with zero attached hydrogens (tertiary/aromatic N) is 2.